The molecule has 1 amide bonds. The third-order valence-corrected chi connectivity index (χ3v) is 3.43. The van der Waals surface area contributed by atoms with Gasteiger partial charge in [-0.3, -0.25) is 4.79 Å². The van der Waals surface area contributed by atoms with E-state index in [9.17, 15) is 4.79 Å². The van der Waals surface area contributed by atoms with Gasteiger partial charge >= 0.3 is 0 Å². The number of unbranched alkanes of at least 4 members (excludes halogenated alkanes) is 1. The highest BCUT2D eigenvalue weighted by Crippen LogP contribution is 2.16. The van der Waals surface area contributed by atoms with Gasteiger partial charge < -0.3 is 4.90 Å². The van der Waals surface area contributed by atoms with Gasteiger partial charge in [-0.2, -0.15) is 0 Å². The second-order valence-electron chi connectivity index (χ2n) is 4.20. The Labute approximate surface area is 99.0 Å². The minimum atomic E-state index is 0.134. The van der Waals surface area contributed by atoms with E-state index in [-0.39, 0.29) is 17.9 Å². The van der Waals surface area contributed by atoms with Crippen molar-refractivity contribution in [1.29, 1.82) is 0 Å². The molecule has 0 N–H and O–H groups in total. The normalized spacial score (nSPS) is 14.7. The Kier molecular flexibility index (Phi) is 7.85. The van der Waals surface area contributed by atoms with Gasteiger partial charge in [-0.05, 0) is 19.8 Å². The van der Waals surface area contributed by atoms with Gasteiger partial charge in [-0.25, -0.2) is 0 Å². The van der Waals surface area contributed by atoms with E-state index in [1.54, 1.807) is 4.90 Å². The van der Waals surface area contributed by atoms with Crippen LogP contribution in [0, 0.1) is 5.92 Å². The topological polar surface area (TPSA) is 20.3 Å². The third kappa shape index (κ3) is 4.87. The van der Waals surface area contributed by atoms with Gasteiger partial charge in [0, 0.05) is 24.9 Å². The summed E-state index contributed by atoms with van der Waals surface area (Å²) >= 11 is 5.75. The van der Waals surface area contributed by atoms with Crippen molar-refractivity contribution in [2.24, 2.45) is 5.92 Å². The zero-order chi connectivity index (χ0) is 11.8. The Bertz CT molecular complexity index is 184. The lowest BCUT2D eigenvalue weighted by molar-refractivity contribution is -0.136. The summed E-state index contributed by atoms with van der Waals surface area (Å²) < 4.78 is 0. The van der Waals surface area contributed by atoms with Crippen LogP contribution in [0.1, 0.15) is 46.5 Å². The lowest BCUT2D eigenvalue weighted by Gasteiger charge is -2.27. The molecule has 0 bridgehead atoms. The lowest BCUT2D eigenvalue weighted by Crippen LogP contribution is -2.40. The van der Waals surface area contributed by atoms with Crippen molar-refractivity contribution in [3.05, 3.63) is 0 Å². The summed E-state index contributed by atoms with van der Waals surface area (Å²) in [6.45, 7) is 6.22. The smallest absolute Gasteiger partial charge is 0.225 e. The second-order valence-corrected chi connectivity index (χ2v) is 4.51. The molecule has 2 unspecified atom stereocenters. The molecular weight excluding hydrogens is 210 g/mol. The molecule has 0 radical (unpaired) electrons. The maximum Gasteiger partial charge on any atom is 0.225 e. The van der Waals surface area contributed by atoms with Crippen molar-refractivity contribution in [2.45, 2.75) is 52.5 Å². The van der Waals surface area contributed by atoms with Crippen molar-refractivity contribution in [2.75, 3.05) is 12.9 Å². The Morgan fingerprint density at radius 3 is 2.40 bits per heavy atom. The van der Waals surface area contributed by atoms with Gasteiger partial charge in [0.1, 0.15) is 0 Å². The summed E-state index contributed by atoms with van der Waals surface area (Å²) in [4.78, 5) is 13.8. The Morgan fingerprint density at radius 1 is 1.40 bits per heavy atom. The minimum Gasteiger partial charge on any atom is -0.342 e. The van der Waals surface area contributed by atoms with E-state index in [2.05, 4.69) is 13.8 Å². The largest absolute Gasteiger partial charge is 0.342 e. The van der Waals surface area contributed by atoms with E-state index in [1.807, 2.05) is 14.0 Å². The molecule has 15 heavy (non-hydrogen) atoms. The van der Waals surface area contributed by atoms with Gasteiger partial charge in [0.2, 0.25) is 5.91 Å². The fourth-order valence-electron chi connectivity index (χ4n) is 1.56. The number of nitrogens with zero attached hydrogens (tertiary/aromatic N) is 1. The van der Waals surface area contributed by atoms with E-state index in [1.165, 1.54) is 0 Å². The lowest BCUT2D eigenvalue weighted by atomic mass is 9.97. The van der Waals surface area contributed by atoms with Crippen molar-refractivity contribution in [3.63, 3.8) is 0 Å². The van der Waals surface area contributed by atoms with Crippen molar-refractivity contribution in [1.82, 2.24) is 4.90 Å². The van der Waals surface area contributed by atoms with E-state index in [0.717, 1.165) is 25.7 Å². The molecule has 0 fully saturated rings. The van der Waals surface area contributed by atoms with Gasteiger partial charge in [0.25, 0.3) is 0 Å². The van der Waals surface area contributed by atoms with E-state index in [0.29, 0.717) is 5.88 Å². The molecule has 0 aliphatic rings. The van der Waals surface area contributed by atoms with Gasteiger partial charge in [-0.15, -0.1) is 11.6 Å². The molecule has 2 atom stereocenters. The summed E-state index contributed by atoms with van der Waals surface area (Å²) in [7, 11) is 1.85. The second kappa shape index (κ2) is 7.98. The van der Waals surface area contributed by atoms with Crippen molar-refractivity contribution < 1.29 is 4.79 Å². The Morgan fingerprint density at radius 2 is 2.00 bits per heavy atom. The zero-order valence-corrected chi connectivity index (χ0v) is 11.2. The molecule has 3 heteroatoms. The van der Waals surface area contributed by atoms with Crippen LogP contribution in [-0.4, -0.2) is 29.8 Å². The first kappa shape index (κ1) is 14.8. The van der Waals surface area contributed by atoms with E-state index in [4.69, 9.17) is 11.6 Å². The van der Waals surface area contributed by atoms with Crippen LogP contribution in [0.15, 0.2) is 0 Å². The molecule has 0 spiro atoms. The fraction of sp³-hybridized carbons (Fsp3) is 0.917. The average Bonchev–Trinajstić information content (AvgIpc) is 2.27. The fourth-order valence-corrected chi connectivity index (χ4v) is 1.77. The summed E-state index contributed by atoms with van der Waals surface area (Å²) in [5.41, 5.74) is 0. The van der Waals surface area contributed by atoms with Crippen molar-refractivity contribution in [3.8, 4) is 0 Å². The Hall–Kier alpha value is -0.240. The predicted octanol–water partition coefficient (Wildman–Crippen LogP) is 3.29. The molecule has 0 saturated heterocycles. The summed E-state index contributed by atoms with van der Waals surface area (Å²) in [6.07, 6.45) is 4.22. The standard InChI is InChI=1S/C12H24ClNO/c1-5-7-8-11(6-2)12(15)14(4)10(3)9-13/h10-11H,5-9H2,1-4H3. The van der Waals surface area contributed by atoms with E-state index >= 15 is 0 Å². The summed E-state index contributed by atoms with van der Waals surface area (Å²) in [5, 5.41) is 0. The molecule has 90 valence electrons. The van der Waals surface area contributed by atoms with Gasteiger partial charge in [-0.1, -0.05) is 26.7 Å². The number of hydrogen-bond donors (Lipinski definition) is 0. The summed E-state index contributed by atoms with van der Waals surface area (Å²) in [5.74, 6) is 0.937. The van der Waals surface area contributed by atoms with Crippen LogP contribution < -0.4 is 0 Å². The maximum atomic E-state index is 12.0. The highest BCUT2D eigenvalue weighted by molar-refractivity contribution is 6.18. The van der Waals surface area contributed by atoms with Crippen LogP contribution in [0.2, 0.25) is 0 Å². The quantitative estimate of drug-likeness (QED) is 0.618. The van der Waals surface area contributed by atoms with Crippen LogP contribution in [0.3, 0.4) is 0 Å². The number of rotatable bonds is 7. The SMILES string of the molecule is CCCCC(CC)C(=O)N(C)C(C)CCl. The average molecular weight is 234 g/mol. The predicted molar refractivity (Wildman–Crippen MR) is 66.3 cm³/mol. The highest BCUT2D eigenvalue weighted by Gasteiger charge is 2.22. The number of carbonyl (C=O) groups is 1. The monoisotopic (exact) mass is 233 g/mol. The zero-order valence-electron chi connectivity index (χ0n) is 10.4. The van der Waals surface area contributed by atoms with Crippen LogP contribution in [-0.2, 0) is 4.79 Å². The first-order chi connectivity index (χ1) is 7.08. The molecule has 0 rings (SSSR count). The molecule has 0 aliphatic heterocycles. The first-order valence-corrected chi connectivity index (χ1v) is 6.44. The minimum absolute atomic E-state index is 0.134. The Balaban J connectivity index is 4.24. The molecule has 0 heterocycles. The molecular formula is C12H24ClNO. The van der Waals surface area contributed by atoms with Crippen LogP contribution in [0.25, 0.3) is 0 Å². The van der Waals surface area contributed by atoms with Gasteiger partial charge in [0.05, 0.1) is 0 Å². The molecule has 0 saturated carbocycles. The maximum absolute atomic E-state index is 12.0. The highest BCUT2D eigenvalue weighted by atomic mass is 35.5. The van der Waals surface area contributed by atoms with Crippen LogP contribution in [0.4, 0.5) is 0 Å². The number of amides is 1. The summed E-state index contributed by atoms with van der Waals surface area (Å²) in [6, 6.07) is 0.134. The van der Waals surface area contributed by atoms with Crippen LogP contribution >= 0.6 is 11.6 Å². The molecule has 2 nitrogen and oxygen atoms in total. The number of hydrogen-bond acceptors (Lipinski definition) is 1. The number of carbonyl (C=O) groups excluding carboxylic acids is 1. The van der Waals surface area contributed by atoms with Gasteiger partial charge in [0.15, 0.2) is 0 Å². The third-order valence-electron chi connectivity index (χ3n) is 2.98. The molecule has 0 aliphatic carbocycles. The number of halogens is 1. The molecule has 0 aromatic heterocycles. The number of alkyl halides is 1. The van der Waals surface area contributed by atoms with E-state index < -0.39 is 0 Å². The van der Waals surface area contributed by atoms with Crippen LogP contribution in [0.5, 0.6) is 0 Å². The molecule has 0 aromatic carbocycles. The first-order valence-electron chi connectivity index (χ1n) is 5.91. The molecule has 0 aromatic rings. The van der Waals surface area contributed by atoms with Crippen molar-refractivity contribution >= 4 is 17.5 Å².